The molecule has 12 nitrogen and oxygen atoms in total. The van der Waals surface area contributed by atoms with E-state index >= 15 is 0 Å². The number of H-pyrrole nitrogens is 1. The lowest BCUT2D eigenvalue weighted by Crippen LogP contribution is -2.71. The zero-order chi connectivity index (χ0) is 35.2. The maximum Gasteiger partial charge on any atom is 0.356 e. The summed E-state index contributed by atoms with van der Waals surface area (Å²) in [4.78, 5) is 81.4. The van der Waals surface area contributed by atoms with Gasteiger partial charge in [0.15, 0.2) is 6.10 Å². The van der Waals surface area contributed by atoms with Gasteiger partial charge in [-0.3, -0.25) is 24.1 Å². The number of ether oxygens (including phenoxy) is 3. The van der Waals surface area contributed by atoms with Gasteiger partial charge in [0.1, 0.15) is 23.7 Å². The molecule has 0 aliphatic carbocycles. The predicted molar refractivity (Wildman–Crippen MR) is 181 cm³/mol. The second kappa shape index (κ2) is 15.1. The fraction of sp³-hybridized carbons (Fsp3) is 0.189. The molecule has 0 radical (unpaired) electrons. The largest absolute Gasteiger partial charge is 0.461 e. The number of fused-ring (bicyclic) bond motifs is 1. The highest BCUT2D eigenvalue weighted by Gasteiger charge is 2.55. The van der Waals surface area contributed by atoms with E-state index in [0.717, 1.165) is 6.07 Å². The first-order chi connectivity index (χ1) is 24.2. The molecular weight excluding hydrogens is 662 g/mol. The molecular formula is C37H31N3O9S. The van der Waals surface area contributed by atoms with Crippen LogP contribution in [0.25, 0.3) is 0 Å². The van der Waals surface area contributed by atoms with Crippen molar-refractivity contribution in [2.24, 2.45) is 0 Å². The molecule has 2 amide bonds. The molecule has 50 heavy (non-hydrogen) atoms. The van der Waals surface area contributed by atoms with Crippen LogP contribution in [0.15, 0.2) is 125 Å². The molecule has 2 N–H and O–H groups in total. The third kappa shape index (κ3) is 7.37. The van der Waals surface area contributed by atoms with Crippen LogP contribution in [0.1, 0.15) is 46.2 Å². The molecule has 0 saturated carbocycles. The van der Waals surface area contributed by atoms with E-state index < -0.39 is 58.9 Å². The average Bonchev–Trinajstić information content (AvgIpc) is 3.14. The summed E-state index contributed by atoms with van der Waals surface area (Å²) in [5, 5.41) is 1.99. The van der Waals surface area contributed by atoms with Gasteiger partial charge in [-0.2, -0.15) is 0 Å². The maximum absolute atomic E-state index is 14.1. The Balaban J connectivity index is 1.25. The van der Waals surface area contributed by atoms with Crippen LogP contribution in [0.2, 0.25) is 0 Å². The van der Waals surface area contributed by atoms with Crippen LogP contribution in [-0.2, 0) is 33.4 Å². The zero-order valence-corrected chi connectivity index (χ0v) is 27.5. The number of carbonyl (C=O) groups excluding carboxylic acids is 5. The lowest BCUT2D eigenvalue weighted by molar-refractivity contribution is -0.155. The number of aromatic amines is 1. The summed E-state index contributed by atoms with van der Waals surface area (Å²) >= 11 is 1.27. The second-order valence-electron chi connectivity index (χ2n) is 11.4. The van der Waals surface area contributed by atoms with Gasteiger partial charge in [-0.25, -0.2) is 9.59 Å². The summed E-state index contributed by atoms with van der Waals surface area (Å²) in [6.07, 6.45) is -1.07. The first-order valence-electron chi connectivity index (χ1n) is 15.6. The van der Waals surface area contributed by atoms with E-state index in [2.05, 4.69) is 10.3 Å². The minimum absolute atomic E-state index is 0.0185. The van der Waals surface area contributed by atoms with E-state index in [-0.39, 0.29) is 23.6 Å². The van der Waals surface area contributed by atoms with E-state index in [0.29, 0.717) is 22.3 Å². The average molecular weight is 694 g/mol. The Labute approximate surface area is 290 Å². The van der Waals surface area contributed by atoms with E-state index in [9.17, 15) is 28.8 Å². The maximum atomic E-state index is 14.1. The highest BCUT2D eigenvalue weighted by Crippen LogP contribution is 2.42. The molecule has 4 aromatic rings. The van der Waals surface area contributed by atoms with Crippen LogP contribution in [0, 0.1) is 0 Å². The van der Waals surface area contributed by atoms with Crippen molar-refractivity contribution in [3.05, 3.63) is 153 Å². The fourth-order valence-corrected chi connectivity index (χ4v) is 6.89. The van der Waals surface area contributed by atoms with Gasteiger partial charge < -0.3 is 24.5 Å². The van der Waals surface area contributed by atoms with Crippen LogP contribution >= 0.6 is 11.8 Å². The molecule has 13 heteroatoms. The number of aromatic nitrogens is 1. The van der Waals surface area contributed by atoms with Gasteiger partial charge in [0.05, 0.1) is 5.56 Å². The van der Waals surface area contributed by atoms with Crippen molar-refractivity contribution in [3.8, 4) is 0 Å². The molecule has 2 aliphatic heterocycles. The Bertz CT molecular complexity index is 1940. The number of benzene rings is 3. The van der Waals surface area contributed by atoms with Crippen LogP contribution < -0.4 is 10.9 Å². The van der Waals surface area contributed by atoms with E-state index in [1.165, 1.54) is 35.8 Å². The summed E-state index contributed by atoms with van der Waals surface area (Å²) in [5.41, 5.74) is 1.68. The van der Waals surface area contributed by atoms with Crippen molar-refractivity contribution in [2.45, 2.75) is 30.5 Å². The number of carbonyl (C=O) groups is 5. The molecule has 3 atom stereocenters. The predicted octanol–water partition coefficient (Wildman–Crippen LogP) is 3.82. The lowest BCUT2D eigenvalue weighted by Gasteiger charge is -2.50. The zero-order valence-electron chi connectivity index (χ0n) is 26.6. The van der Waals surface area contributed by atoms with E-state index in [1.807, 2.05) is 60.7 Å². The van der Waals surface area contributed by atoms with Gasteiger partial charge in [-0.15, -0.1) is 11.8 Å². The van der Waals surface area contributed by atoms with Crippen LogP contribution in [-0.4, -0.2) is 63.4 Å². The number of β-lactam (4-membered cyclic amide) rings is 1. The van der Waals surface area contributed by atoms with Crippen LogP contribution in [0.5, 0.6) is 0 Å². The summed E-state index contributed by atoms with van der Waals surface area (Å²) in [5.74, 6) is -3.40. The standard InChI is InChI=1S/C37H31N3O9S/c1-22(41)47-20-27-21-50-35-29(39-33(43)32(25-15-9-4-10-16-25)49-36(45)26-17-18-28(42)38-19-26)34(44)40(35)30(27)37(46)48-31(23-11-5-2-6-12-23)24-13-7-3-8-14-24/h2-19,29,31-32,35H,20-21H2,1H3,(H,38,42)(H,39,43)/t29-,32?,35+/m0/s1. The summed E-state index contributed by atoms with van der Waals surface area (Å²) in [7, 11) is 0. The summed E-state index contributed by atoms with van der Waals surface area (Å²) < 4.78 is 16.9. The van der Waals surface area contributed by atoms with Crippen molar-refractivity contribution in [3.63, 3.8) is 0 Å². The highest BCUT2D eigenvalue weighted by molar-refractivity contribution is 8.00. The number of hydrogen-bond donors (Lipinski definition) is 2. The fourth-order valence-electron chi connectivity index (χ4n) is 5.56. The molecule has 1 aromatic heterocycles. The van der Waals surface area contributed by atoms with Crippen molar-refractivity contribution in [1.82, 2.24) is 15.2 Å². The van der Waals surface area contributed by atoms with E-state index in [1.54, 1.807) is 30.3 Å². The molecule has 1 unspecified atom stereocenters. The number of thioether (sulfide) groups is 1. The molecule has 0 bridgehead atoms. The first-order valence-corrected chi connectivity index (χ1v) is 16.6. The Morgan fingerprint density at radius 3 is 1.98 bits per heavy atom. The van der Waals surface area contributed by atoms with Crippen molar-refractivity contribution in [2.75, 3.05) is 12.4 Å². The quantitative estimate of drug-likeness (QED) is 0.134. The number of amides is 2. The molecule has 3 heterocycles. The number of hydrogen-bond acceptors (Lipinski definition) is 10. The summed E-state index contributed by atoms with van der Waals surface area (Å²) in [6, 6.07) is 27.9. The Hall–Kier alpha value is -5.95. The van der Waals surface area contributed by atoms with Gasteiger partial charge in [0, 0.05) is 36.1 Å². The van der Waals surface area contributed by atoms with E-state index in [4.69, 9.17) is 14.2 Å². The Morgan fingerprint density at radius 1 is 0.820 bits per heavy atom. The SMILES string of the molecule is CC(=O)OCC1=C(C(=O)OC(c2ccccc2)c2ccccc2)N2C(=O)[C@H](NC(=O)C(OC(=O)c3ccc(=O)[nH]c3)c3ccccc3)[C@H]2SC1. The number of nitrogens with one attached hydrogen (secondary N) is 2. The first kappa shape index (κ1) is 33.9. The number of esters is 3. The highest BCUT2D eigenvalue weighted by atomic mass is 32.2. The molecule has 6 rings (SSSR count). The van der Waals surface area contributed by atoms with Gasteiger partial charge in [-0.05, 0) is 17.2 Å². The topological polar surface area (TPSA) is 161 Å². The van der Waals surface area contributed by atoms with Crippen LogP contribution in [0.4, 0.5) is 0 Å². The van der Waals surface area contributed by atoms with Crippen molar-refractivity contribution < 1.29 is 38.2 Å². The monoisotopic (exact) mass is 693 g/mol. The third-order valence-corrected chi connectivity index (χ3v) is 9.34. The van der Waals surface area contributed by atoms with Gasteiger partial charge >= 0.3 is 17.9 Å². The minimum Gasteiger partial charge on any atom is -0.461 e. The lowest BCUT2D eigenvalue weighted by atomic mass is 10.00. The molecule has 0 spiro atoms. The number of pyridine rings is 1. The summed E-state index contributed by atoms with van der Waals surface area (Å²) in [6.45, 7) is 1.00. The van der Waals surface area contributed by atoms with Gasteiger partial charge in [0.25, 0.3) is 11.8 Å². The van der Waals surface area contributed by atoms with Gasteiger partial charge in [-0.1, -0.05) is 91.0 Å². The molecule has 1 saturated heterocycles. The second-order valence-corrected chi connectivity index (χ2v) is 12.5. The van der Waals surface area contributed by atoms with Crippen molar-refractivity contribution >= 4 is 41.5 Å². The van der Waals surface area contributed by atoms with Crippen LogP contribution in [0.3, 0.4) is 0 Å². The number of nitrogens with zero attached hydrogens (tertiary/aromatic N) is 1. The Morgan fingerprint density at radius 2 is 1.42 bits per heavy atom. The molecule has 3 aromatic carbocycles. The van der Waals surface area contributed by atoms with Crippen molar-refractivity contribution in [1.29, 1.82) is 0 Å². The minimum atomic E-state index is -1.44. The van der Waals surface area contributed by atoms with Gasteiger partial charge in [0.2, 0.25) is 11.7 Å². The number of rotatable bonds is 11. The smallest absolute Gasteiger partial charge is 0.356 e. The molecule has 2 aliphatic rings. The molecule has 254 valence electrons. The molecule has 1 fully saturated rings. The Kier molecular flexibility index (Phi) is 10.2. The third-order valence-electron chi connectivity index (χ3n) is 8.00. The normalized spacial score (nSPS) is 17.2.